The van der Waals surface area contributed by atoms with Gasteiger partial charge >= 0.3 is 5.97 Å². The maximum Gasteiger partial charge on any atom is 0.325 e. The van der Waals surface area contributed by atoms with Gasteiger partial charge in [0.15, 0.2) is 5.96 Å². The normalized spacial score (nSPS) is 13.7. The minimum Gasteiger partial charge on any atom is -0.480 e. The molecule has 2 amide bonds. The number of nitrogens with one attached hydrogen (secondary N) is 3. The van der Waals surface area contributed by atoms with Crippen LogP contribution in [0.5, 0.6) is 0 Å². The first kappa shape index (κ1) is 23.7. The second-order valence-electron chi connectivity index (χ2n) is 7.25. The average molecular weight is 431 g/mol. The van der Waals surface area contributed by atoms with Gasteiger partial charge in [-0.05, 0) is 37.8 Å². The first-order valence-electron chi connectivity index (χ1n) is 9.88. The lowest BCUT2D eigenvalue weighted by Crippen LogP contribution is -2.54. The van der Waals surface area contributed by atoms with Gasteiger partial charge in [-0.3, -0.25) is 19.4 Å². The lowest BCUT2D eigenvalue weighted by atomic mass is 10.0. The Morgan fingerprint density at radius 3 is 2.55 bits per heavy atom. The highest BCUT2D eigenvalue weighted by Crippen LogP contribution is 2.18. The van der Waals surface area contributed by atoms with E-state index in [1.807, 2.05) is 24.3 Å². The van der Waals surface area contributed by atoms with Crippen LogP contribution >= 0.6 is 0 Å². The summed E-state index contributed by atoms with van der Waals surface area (Å²) in [6.45, 7) is 1.60. The van der Waals surface area contributed by atoms with Gasteiger partial charge in [-0.1, -0.05) is 18.2 Å². The highest BCUT2D eigenvalue weighted by atomic mass is 16.4. The molecule has 0 saturated heterocycles. The molecule has 2 rings (SSSR count). The molecule has 0 fully saturated rings. The topological polar surface area (TPSA) is 202 Å². The Balaban J connectivity index is 2.04. The van der Waals surface area contributed by atoms with Gasteiger partial charge < -0.3 is 37.9 Å². The summed E-state index contributed by atoms with van der Waals surface area (Å²) in [4.78, 5) is 43.2. The Morgan fingerprint density at radius 1 is 1.16 bits per heavy atom. The van der Waals surface area contributed by atoms with E-state index in [1.54, 1.807) is 6.20 Å². The number of nitrogens with two attached hydrogens (primary N) is 3. The van der Waals surface area contributed by atoms with Gasteiger partial charge in [0.25, 0.3) is 0 Å². The fraction of sp³-hybridized carbons (Fsp3) is 0.400. The van der Waals surface area contributed by atoms with E-state index >= 15 is 0 Å². The van der Waals surface area contributed by atoms with Gasteiger partial charge in [-0.15, -0.1) is 0 Å². The molecule has 0 aliphatic carbocycles. The van der Waals surface area contributed by atoms with Crippen molar-refractivity contribution in [3.05, 3.63) is 36.0 Å². The van der Waals surface area contributed by atoms with Gasteiger partial charge in [0.05, 0.1) is 6.04 Å². The van der Waals surface area contributed by atoms with E-state index in [0.717, 1.165) is 16.5 Å². The van der Waals surface area contributed by atoms with Crippen molar-refractivity contribution >= 4 is 34.6 Å². The molecule has 10 N–H and O–H groups in total. The molecule has 1 aromatic heterocycles. The number of aromatic amines is 1. The summed E-state index contributed by atoms with van der Waals surface area (Å²) in [6, 6.07) is 4.67. The molecule has 2 aromatic rings. The molecule has 3 unspecified atom stereocenters. The standard InChI is InChI=1S/C20H29N7O4/c1-11(19(30)31)26-18(29)16(7-4-8-24-20(22)23)27-17(28)14(21)9-12-10-25-15-6-3-2-5-13(12)15/h2-3,5-6,10-11,14,16,25H,4,7-9,21H2,1H3,(H,26,29)(H,27,28)(H,30,31)(H4,22,23,24). The number of nitrogens with zero attached hydrogens (tertiary/aromatic N) is 1. The molecule has 0 spiro atoms. The molecule has 0 radical (unpaired) electrons. The lowest BCUT2D eigenvalue weighted by Gasteiger charge is -2.21. The first-order chi connectivity index (χ1) is 14.7. The van der Waals surface area contributed by atoms with Crippen molar-refractivity contribution in [1.29, 1.82) is 0 Å². The van der Waals surface area contributed by atoms with Crippen LogP contribution in [0.15, 0.2) is 35.5 Å². The van der Waals surface area contributed by atoms with Gasteiger partial charge in [-0.2, -0.15) is 0 Å². The summed E-state index contributed by atoms with van der Waals surface area (Å²) in [5.74, 6) is -2.40. The van der Waals surface area contributed by atoms with Gasteiger partial charge in [0, 0.05) is 23.6 Å². The van der Waals surface area contributed by atoms with Gasteiger partial charge in [0.2, 0.25) is 11.8 Å². The predicted octanol–water partition coefficient (Wildman–Crippen LogP) is -0.835. The number of H-pyrrole nitrogens is 1. The fourth-order valence-electron chi connectivity index (χ4n) is 3.06. The molecule has 0 aliphatic heterocycles. The van der Waals surface area contributed by atoms with Crippen molar-refractivity contribution in [3.8, 4) is 0 Å². The Kier molecular flexibility index (Phi) is 8.38. The van der Waals surface area contributed by atoms with E-state index in [9.17, 15) is 14.4 Å². The highest BCUT2D eigenvalue weighted by Gasteiger charge is 2.26. The smallest absolute Gasteiger partial charge is 0.325 e. The van der Waals surface area contributed by atoms with Crippen molar-refractivity contribution < 1.29 is 19.5 Å². The van der Waals surface area contributed by atoms with Crippen LogP contribution in [0.4, 0.5) is 0 Å². The number of fused-ring (bicyclic) bond motifs is 1. The van der Waals surface area contributed by atoms with Crippen LogP contribution < -0.4 is 27.8 Å². The highest BCUT2D eigenvalue weighted by molar-refractivity contribution is 5.92. The van der Waals surface area contributed by atoms with Crippen LogP contribution in [0.1, 0.15) is 25.3 Å². The number of amides is 2. The van der Waals surface area contributed by atoms with Crippen molar-refractivity contribution in [2.24, 2.45) is 22.2 Å². The van der Waals surface area contributed by atoms with Gasteiger partial charge in [-0.25, -0.2) is 0 Å². The molecule has 11 heteroatoms. The number of hydrogen-bond donors (Lipinski definition) is 7. The Bertz CT molecular complexity index is 952. The van der Waals surface area contributed by atoms with Crippen molar-refractivity contribution in [1.82, 2.24) is 15.6 Å². The van der Waals surface area contributed by atoms with Crippen LogP contribution in [0, 0.1) is 0 Å². The van der Waals surface area contributed by atoms with E-state index in [2.05, 4.69) is 20.6 Å². The van der Waals surface area contributed by atoms with Crippen molar-refractivity contribution in [2.45, 2.75) is 44.3 Å². The summed E-state index contributed by atoms with van der Waals surface area (Å²) < 4.78 is 0. The minimum atomic E-state index is -1.19. The third-order valence-electron chi connectivity index (χ3n) is 4.76. The number of carboxylic acid groups (broad SMARTS) is 1. The van der Waals surface area contributed by atoms with Gasteiger partial charge in [0.1, 0.15) is 12.1 Å². The second-order valence-corrected chi connectivity index (χ2v) is 7.25. The monoisotopic (exact) mass is 431 g/mol. The quantitative estimate of drug-likeness (QED) is 0.136. The maximum atomic E-state index is 12.7. The molecule has 3 atom stereocenters. The molecule has 11 nitrogen and oxygen atoms in total. The maximum absolute atomic E-state index is 12.7. The third-order valence-corrected chi connectivity index (χ3v) is 4.76. The zero-order chi connectivity index (χ0) is 23.0. The molecule has 0 bridgehead atoms. The lowest BCUT2D eigenvalue weighted by molar-refractivity contribution is -0.141. The summed E-state index contributed by atoms with van der Waals surface area (Å²) in [7, 11) is 0. The number of carbonyl (C=O) groups excluding carboxylic acids is 2. The summed E-state index contributed by atoms with van der Waals surface area (Å²) >= 11 is 0. The zero-order valence-corrected chi connectivity index (χ0v) is 17.3. The largest absolute Gasteiger partial charge is 0.480 e. The van der Waals surface area contributed by atoms with Crippen molar-refractivity contribution in [3.63, 3.8) is 0 Å². The predicted molar refractivity (Wildman–Crippen MR) is 117 cm³/mol. The third kappa shape index (κ3) is 7.00. The molecular weight excluding hydrogens is 402 g/mol. The number of para-hydroxylation sites is 1. The Hall–Kier alpha value is -3.60. The van der Waals surface area contributed by atoms with Crippen molar-refractivity contribution in [2.75, 3.05) is 6.54 Å². The number of carbonyl (C=O) groups is 3. The molecular formula is C20H29N7O4. The van der Waals surface area contributed by atoms with E-state index in [1.165, 1.54) is 6.92 Å². The van der Waals surface area contributed by atoms with Crippen LogP contribution in [0.2, 0.25) is 0 Å². The number of benzene rings is 1. The molecule has 31 heavy (non-hydrogen) atoms. The molecule has 0 saturated carbocycles. The molecule has 1 aromatic carbocycles. The average Bonchev–Trinajstić information content (AvgIpc) is 3.12. The first-order valence-corrected chi connectivity index (χ1v) is 9.88. The second kappa shape index (κ2) is 11.0. The zero-order valence-electron chi connectivity index (χ0n) is 17.3. The number of hydrogen-bond acceptors (Lipinski definition) is 5. The minimum absolute atomic E-state index is 0.0784. The van der Waals surface area contributed by atoms with E-state index in [0.29, 0.717) is 6.42 Å². The number of aliphatic carboxylic acids is 1. The summed E-state index contributed by atoms with van der Waals surface area (Å²) in [6.07, 6.45) is 2.67. The number of guanidine groups is 1. The SMILES string of the molecule is CC(NC(=O)C(CCCN=C(N)N)NC(=O)C(N)Cc1c[nH]c2ccccc12)C(=O)O. The van der Waals surface area contributed by atoms with Crippen LogP contribution in [0.3, 0.4) is 0 Å². The van der Waals surface area contributed by atoms with E-state index < -0.39 is 35.9 Å². The van der Waals surface area contributed by atoms with Crippen LogP contribution in [0.25, 0.3) is 10.9 Å². The van der Waals surface area contributed by atoms with E-state index in [-0.39, 0.29) is 25.3 Å². The number of aromatic nitrogens is 1. The summed E-state index contributed by atoms with van der Waals surface area (Å²) in [5, 5.41) is 15.0. The van der Waals surface area contributed by atoms with Crippen LogP contribution in [-0.4, -0.2) is 58.5 Å². The van der Waals surface area contributed by atoms with E-state index in [4.69, 9.17) is 22.3 Å². The Morgan fingerprint density at radius 2 is 1.87 bits per heavy atom. The number of rotatable bonds is 11. The molecule has 0 aliphatic rings. The molecule has 1 heterocycles. The number of aliphatic imine (C=N–C) groups is 1. The number of carboxylic acids is 1. The summed E-state index contributed by atoms with van der Waals surface area (Å²) in [5.41, 5.74) is 18.5. The molecule has 168 valence electrons. The fourth-order valence-corrected chi connectivity index (χ4v) is 3.06. The Labute approximate surface area is 179 Å². The van der Waals surface area contributed by atoms with Crippen LogP contribution in [-0.2, 0) is 20.8 Å².